The molecule has 2 aliphatic rings. The lowest BCUT2D eigenvalue weighted by molar-refractivity contribution is -0.118. The van der Waals surface area contributed by atoms with Gasteiger partial charge in [-0.2, -0.15) is 4.68 Å². The summed E-state index contributed by atoms with van der Waals surface area (Å²) in [5.74, 6) is 0.770. The van der Waals surface area contributed by atoms with E-state index in [1.807, 2.05) is 30.3 Å². The first kappa shape index (κ1) is 13.2. The average molecular weight is 295 g/mol. The Kier molecular flexibility index (Phi) is 2.69. The zero-order valence-corrected chi connectivity index (χ0v) is 12.6. The molecular formula is C16H17N5O. The number of benzene rings is 1. The first-order valence-electron chi connectivity index (χ1n) is 7.41. The van der Waals surface area contributed by atoms with E-state index in [4.69, 9.17) is 0 Å². The zero-order valence-electron chi connectivity index (χ0n) is 12.6. The number of rotatable bonds is 1. The minimum atomic E-state index is -0.244. The Morgan fingerprint density at radius 3 is 2.77 bits per heavy atom. The number of hydrogen-bond acceptors (Lipinski definition) is 5. The van der Waals surface area contributed by atoms with Crippen LogP contribution in [0.15, 0.2) is 41.6 Å². The molecule has 22 heavy (non-hydrogen) atoms. The maximum absolute atomic E-state index is 12.8. The van der Waals surface area contributed by atoms with Crippen LogP contribution in [0.4, 0.5) is 5.95 Å². The van der Waals surface area contributed by atoms with Gasteiger partial charge < -0.3 is 5.32 Å². The van der Waals surface area contributed by atoms with Crippen molar-refractivity contribution in [3.05, 3.63) is 47.2 Å². The third-order valence-corrected chi connectivity index (χ3v) is 4.31. The quantitative estimate of drug-likeness (QED) is 0.874. The van der Waals surface area contributed by atoms with Gasteiger partial charge in [-0.3, -0.25) is 4.79 Å². The number of fused-ring (bicyclic) bond motifs is 1. The van der Waals surface area contributed by atoms with E-state index in [9.17, 15) is 4.79 Å². The summed E-state index contributed by atoms with van der Waals surface area (Å²) in [6.45, 7) is 4.23. The molecule has 1 aliphatic carbocycles. The third-order valence-electron chi connectivity index (χ3n) is 4.31. The van der Waals surface area contributed by atoms with E-state index in [0.29, 0.717) is 12.4 Å². The molecule has 1 aromatic carbocycles. The average Bonchev–Trinajstić information content (AvgIpc) is 2.92. The molecule has 0 radical (unpaired) electrons. The molecule has 0 saturated heterocycles. The van der Waals surface area contributed by atoms with Crippen LogP contribution in [-0.2, 0) is 4.79 Å². The molecular weight excluding hydrogens is 278 g/mol. The molecule has 0 spiro atoms. The highest BCUT2D eigenvalue weighted by Gasteiger charge is 2.41. The SMILES string of the molecule is CC1(C)CC(=O)C2=C(C1)Nc1nnnn1C2c1ccccc1. The topological polar surface area (TPSA) is 72.7 Å². The van der Waals surface area contributed by atoms with Crippen molar-refractivity contribution in [2.24, 2.45) is 5.41 Å². The number of allylic oxidation sites excluding steroid dienone is 2. The molecule has 2 aromatic rings. The minimum absolute atomic E-state index is 0.0419. The smallest absolute Gasteiger partial charge is 0.248 e. The van der Waals surface area contributed by atoms with E-state index in [1.54, 1.807) is 4.68 Å². The largest absolute Gasteiger partial charge is 0.326 e. The number of anilines is 1. The molecule has 0 bridgehead atoms. The second-order valence-corrected chi connectivity index (χ2v) is 6.72. The highest BCUT2D eigenvalue weighted by molar-refractivity contribution is 6.00. The first-order chi connectivity index (χ1) is 10.6. The Hall–Kier alpha value is -2.50. The molecule has 1 atom stereocenters. The highest BCUT2D eigenvalue weighted by atomic mass is 16.1. The van der Waals surface area contributed by atoms with Crippen molar-refractivity contribution in [3.63, 3.8) is 0 Å². The van der Waals surface area contributed by atoms with E-state index in [1.165, 1.54) is 0 Å². The van der Waals surface area contributed by atoms with Crippen LogP contribution in [0.3, 0.4) is 0 Å². The molecule has 2 heterocycles. The summed E-state index contributed by atoms with van der Waals surface area (Å²) in [7, 11) is 0. The first-order valence-corrected chi connectivity index (χ1v) is 7.41. The van der Waals surface area contributed by atoms with E-state index in [0.717, 1.165) is 23.3 Å². The molecule has 1 aromatic heterocycles. The van der Waals surface area contributed by atoms with Gasteiger partial charge in [-0.05, 0) is 27.8 Å². The number of carbonyl (C=O) groups excluding carboxylic acids is 1. The van der Waals surface area contributed by atoms with Crippen molar-refractivity contribution in [1.82, 2.24) is 20.2 Å². The minimum Gasteiger partial charge on any atom is -0.326 e. The van der Waals surface area contributed by atoms with Crippen LogP contribution in [-0.4, -0.2) is 26.0 Å². The fourth-order valence-electron chi connectivity index (χ4n) is 3.41. The zero-order chi connectivity index (χ0) is 15.3. The predicted octanol–water partition coefficient (Wildman–Crippen LogP) is 2.33. The number of ketones is 1. The molecule has 1 N–H and O–H groups in total. The van der Waals surface area contributed by atoms with Gasteiger partial charge in [0.1, 0.15) is 6.04 Å². The molecule has 1 unspecified atom stereocenters. The Morgan fingerprint density at radius 1 is 1.23 bits per heavy atom. The lowest BCUT2D eigenvalue weighted by Crippen LogP contribution is -2.36. The van der Waals surface area contributed by atoms with Gasteiger partial charge in [-0.25, -0.2) is 0 Å². The predicted molar refractivity (Wildman–Crippen MR) is 81.1 cm³/mol. The van der Waals surface area contributed by atoms with Crippen molar-refractivity contribution in [3.8, 4) is 0 Å². The summed E-state index contributed by atoms with van der Waals surface area (Å²) < 4.78 is 1.70. The molecule has 6 nitrogen and oxygen atoms in total. The van der Waals surface area contributed by atoms with Gasteiger partial charge in [-0.15, -0.1) is 0 Å². The van der Waals surface area contributed by atoms with Crippen LogP contribution >= 0.6 is 0 Å². The van der Waals surface area contributed by atoms with Crippen LogP contribution in [0, 0.1) is 5.41 Å². The standard InChI is InChI=1S/C16H17N5O/c1-16(2)8-11-13(12(22)9-16)14(10-6-4-3-5-7-10)21-15(17-11)18-19-20-21/h3-7,14H,8-9H2,1-2H3,(H,17,18,20). The maximum atomic E-state index is 12.8. The van der Waals surface area contributed by atoms with Crippen LogP contribution < -0.4 is 5.32 Å². The number of nitrogens with zero attached hydrogens (tertiary/aromatic N) is 4. The van der Waals surface area contributed by atoms with Gasteiger partial charge in [0, 0.05) is 17.7 Å². The van der Waals surface area contributed by atoms with E-state index in [-0.39, 0.29) is 17.2 Å². The maximum Gasteiger partial charge on any atom is 0.248 e. The lowest BCUT2D eigenvalue weighted by atomic mass is 9.73. The van der Waals surface area contributed by atoms with Gasteiger partial charge in [-0.1, -0.05) is 49.3 Å². The van der Waals surface area contributed by atoms with Gasteiger partial charge in [0.15, 0.2) is 5.78 Å². The van der Waals surface area contributed by atoms with Crippen LogP contribution in [0.5, 0.6) is 0 Å². The summed E-state index contributed by atoms with van der Waals surface area (Å²) in [4.78, 5) is 12.8. The normalized spacial score (nSPS) is 22.8. The van der Waals surface area contributed by atoms with Crippen molar-refractivity contribution < 1.29 is 4.79 Å². The summed E-state index contributed by atoms with van der Waals surface area (Å²) in [5, 5.41) is 15.1. The number of nitrogens with one attached hydrogen (secondary N) is 1. The second kappa shape index (κ2) is 4.50. The molecule has 1 aliphatic heterocycles. The van der Waals surface area contributed by atoms with E-state index >= 15 is 0 Å². The number of carbonyl (C=O) groups is 1. The summed E-state index contributed by atoms with van der Waals surface area (Å²) >= 11 is 0. The Balaban J connectivity index is 1.91. The Morgan fingerprint density at radius 2 is 2.00 bits per heavy atom. The van der Waals surface area contributed by atoms with Gasteiger partial charge in [0.25, 0.3) is 0 Å². The fraction of sp³-hybridized carbons (Fsp3) is 0.375. The molecule has 6 heteroatoms. The fourth-order valence-corrected chi connectivity index (χ4v) is 3.41. The molecule has 0 saturated carbocycles. The van der Waals surface area contributed by atoms with Crippen molar-refractivity contribution in [1.29, 1.82) is 0 Å². The number of tetrazole rings is 1. The Labute approximate surface area is 128 Å². The van der Waals surface area contributed by atoms with Gasteiger partial charge in [0.05, 0.1) is 0 Å². The van der Waals surface area contributed by atoms with Crippen molar-refractivity contribution in [2.75, 3.05) is 5.32 Å². The monoisotopic (exact) mass is 295 g/mol. The summed E-state index contributed by atoms with van der Waals surface area (Å²) in [5.41, 5.74) is 2.74. The summed E-state index contributed by atoms with van der Waals surface area (Å²) in [6, 6.07) is 9.69. The highest BCUT2D eigenvalue weighted by Crippen LogP contribution is 2.44. The third kappa shape index (κ3) is 1.94. The van der Waals surface area contributed by atoms with Gasteiger partial charge >= 0.3 is 0 Å². The number of aromatic nitrogens is 4. The van der Waals surface area contributed by atoms with E-state index in [2.05, 4.69) is 34.7 Å². The molecule has 0 fully saturated rings. The number of Topliss-reactive ketones (excluding diaryl/α,β-unsaturated/α-hetero) is 1. The van der Waals surface area contributed by atoms with Crippen molar-refractivity contribution >= 4 is 11.7 Å². The van der Waals surface area contributed by atoms with Crippen molar-refractivity contribution in [2.45, 2.75) is 32.7 Å². The summed E-state index contributed by atoms with van der Waals surface area (Å²) in [6.07, 6.45) is 1.37. The van der Waals surface area contributed by atoms with Gasteiger partial charge in [0.2, 0.25) is 5.95 Å². The molecule has 0 amide bonds. The number of hydrogen-bond donors (Lipinski definition) is 1. The lowest BCUT2D eigenvalue weighted by Gasteiger charge is -2.37. The molecule has 4 rings (SSSR count). The second-order valence-electron chi connectivity index (χ2n) is 6.72. The Bertz CT molecular complexity index is 775. The van der Waals surface area contributed by atoms with Crippen LogP contribution in [0.2, 0.25) is 0 Å². The molecule has 112 valence electrons. The van der Waals surface area contributed by atoms with Crippen LogP contribution in [0.25, 0.3) is 0 Å². The van der Waals surface area contributed by atoms with Crippen LogP contribution in [0.1, 0.15) is 38.3 Å². The van der Waals surface area contributed by atoms with E-state index < -0.39 is 0 Å².